The largest absolute Gasteiger partial charge is 0.504 e. The monoisotopic (exact) mass is 200 g/mol. The van der Waals surface area contributed by atoms with Crippen LogP contribution in [0.25, 0.3) is 0 Å². The molecule has 0 saturated carbocycles. The summed E-state index contributed by atoms with van der Waals surface area (Å²) < 4.78 is 0. The average molecular weight is 200 g/mol. The minimum atomic E-state index is -0.560. The van der Waals surface area contributed by atoms with Crippen LogP contribution in [0.15, 0.2) is 18.2 Å². The van der Waals surface area contributed by atoms with Crippen molar-refractivity contribution in [2.45, 2.75) is 20.0 Å². The number of hydrogen-bond donors (Lipinski definition) is 4. The molecule has 0 spiro atoms. The third-order valence-corrected chi connectivity index (χ3v) is 1.40. The Morgan fingerprint density at radius 2 is 1.71 bits per heavy atom. The van der Waals surface area contributed by atoms with Crippen LogP contribution in [0.4, 0.5) is 0 Å². The molecule has 80 valence electrons. The molecule has 1 atom stereocenters. The molecule has 4 heteroatoms. The summed E-state index contributed by atoms with van der Waals surface area (Å²) in [5.74, 6) is -0.129. The molecule has 1 aromatic rings. The smallest absolute Gasteiger partial charge is 0.157 e. The molecule has 14 heavy (non-hydrogen) atoms. The fourth-order valence-electron chi connectivity index (χ4n) is 0.633. The molecule has 0 aliphatic heterocycles. The van der Waals surface area contributed by atoms with Gasteiger partial charge in [0.15, 0.2) is 11.5 Å². The zero-order valence-electron chi connectivity index (χ0n) is 8.31. The lowest BCUT2D eigenvalue weighted by molar-refractivity contribution is 0.110. The lowest BCUT2D eigenvalue weighted by atomic mass is 10.2. The molecular formula is C10H16O4. The molecule has 0 aliphatic carbocycles. The maximum Gasteiger partial charge on any atom is 0.157 e. The standard InChI is InChI=1S/C7H8O2.C3H8O2/c1-5-2-3-6(8)7(9)4-5;1-3(5)2-4/h2-4,8-9H,1H3;3-5H,2H2,1H3. The molecule has 1 unspecified atom stereocenters. The Morgan fingerprint density at radius 3 is 2.00 bits per heavy atom. The summed E-state index contributed by atoms with van der Waals surface area (Å²) in [5, 5.41) is 33.6. The summed E-state index contributed by atoms with van der Waals surface area (Å²) >= 11 is 0. The van der Waals surface area contributed by atoms with E-state index >= 15 is 0 Å². The first-order chi connectivity index (χ1) is 6.47. The second-order valence-electron chi connectivity index (χ2n) is 3.02. The van der Waals surface area contributed by atoms with Gasteiger partial charge in [-0.3, -0.25) is 0 Å². The number of aliphatic hydroxyl groups is 2. The van der Waals surface area contributed by atoms with Crippen molar-refractivity contribution in [2.24, 2.45) is 0 Å². The van der Waals surface area contributed by atoms with Crippen molar-refractivity contribution in [1.29, 1.82) is 0 Å². The van der Waals surface area contributed by atoms with Crippen molar-refractivity contribution >= 4 is 0 Å². The number of aliphatic hydroxyl groups excluding tert-OH is 2. The van der Waals surface area contributed by atoms with E-state index in [1.807, 2.05) is 6.92 Å². The van der Waals surface area contributed by atoms with Gasteiger partial charge < -0.3 is 20.4 Å². The lowest BCUT2D eigenvalue weighted by Crippen LogP contribution is -2.03. The lowest BCUT2D eigenvalue weighted by Gasteiger charge is -1.95. The van der Waals surface area contributed by atoms with E-state index in [1.54, 1.807) is 6.07 Å². The Balaban J connectivity index is 0.000000292. The molecule has 0 saturated heterocycles. The van der Waals surface area contributed by atoms with Gasteiger partial charge in [-0.2, -0.15) is 0 Å². The van der Waals surface area contributed by atoms with Gasteiger partial charge in [0.1, 0.15) is 0 Å². The predicted molar refractivity (Wildman–Crippen MR) is 53.3 cm³/mol. The number of aryl methyl sites for hydroxylation is 1. The van der Waals surface area contributed by atoms with Crippen LogP contribution in [-0.2, 0) is 0 Å². The SMILES string of the molecule is CC(O)CO.Cc1ccc(O)c(O)c1. The van der Waals surface area contributed by atoms with Gasteiger partial charge in [0.05, 0.1) is 12.7 Å². The van der Waals surface area contributed by atoms with E-state index in [2.05, 4.69) is 0 Å². The molecule has 1 aromatic carbocycles. The molecule has 0 aliphatic rings. The fourth-order valence-corrected chi connectivity index (χ4v) is 0.633. The van der Waals surface area contributed by atoms with Gasteiger partial charge in [-0.1, -0.05) is 6.07 Å². The number of benzene rings is 1. The van der Waals surface area contributed by atoms with Crippen LogP contribution in [0.5, 0.6) is 11.5 Å². The maximum absolute atomic E-state index is 8.85. The van der Waals surface area contributed by atoms with Gasteiger partial charge in [0.2, 0.25) is 0 Å². The summed E-state index contributed by atoms with van der Waals surface area (Å²) in [6, 6.07) is 4.70. The summed E-state index contributed by atoms with van der Waals surface area (Å²) in [6.45, 7) is 3.24. The summed E-state index contributed by atoms with van der Waals surface area (Å²) in [7, 11) is 0. The highest BCUT2D eigenvalue weighted by molar-refractivity contribution is 5.39. The van der Waals surface area contributed by atoms with Crippen molar-refractivity contribution in [3.05, 3.63) is 23.8 Å². The van der Waals surface area contributed by atoms with Crippen LogP contribution in [0.3, 0.4) is 0 Å². The molecule has 4 N–H and O–H groups in total. The minimum Gasteiger partial charge on any atom is -0.504 e. The number of phenolic OH excluding ortho intramolecular Hbond substituents is 2. The number of rotatable bonds is 1. The average Bonchev–Trinajstić information content (AvgIpc) is 2.13. The zero-order chi connectivity index (χ0) is 11.1. The van der Waals surface area contributed by atoms with Gasteiger partial charge in [-0.25, -0.2) is 0 Å². The quantitative estimate of drug-likeness (QED) is 0.505. The van der Waals surface area contributed by atoms with Crippen molar-refractivity contribution in [3.63, 3.8) is 0 Å². The Bertz CT molecular complexity index is 271. The van der Waals surface area contributed by atoms with Crippen molar-refractivity contribution < 1.29 is 20.4 Å². The minimum absolute atomic E-state index is 0.0602. The molecule has 4 nitrogen and oxygen atoms in total. The van der Waals surface area contributed by atoms with Crippen LogP contribution in [0, 0.1) is 6.92 Å². The second-order valence-corrected chi connectivity index (χ2v) is 3.02. The van der Waals surface area contributed by atoms with E-state index < -0.39 is 6.10 Å². The molecule has 1 rings (SSSR count). The molecule has 0 fully saturated rings. The van der Waals surface area contributed by atoms with Crippen LogP contribution in [-0.4, -0.2) is 33.1 Å². The van der Waals surface area contributed by atoms with Crippen LogP contribution in [0.1, 0.15) is 12.5 Å². The van der Waals surface area contributed by atoms with E-state index in [0.29, 0.717) is 0 Å². The van der Waals surface area contributed by atoms with Gasteiger partial charge in [0, 0.05) is 0 Å². The molecule has 0 heterocycles. The van der Waals surface area contributed by atoms with Crippen LogP contribution < -0.4 is 0 Å². The summed E-state index contributed by atoms with van der Waals surface area (Å²) in [5.41, 5.74) is 0.935. The third-order valence-electron chi connectivity index (χ3n) is 1.40. The topological polar surface area (TPSA) is 80.9 Å². The first-order valence-electron chi connectivity index (χ1n) is 4.25. The Kier molecular flexibility index (Phi) is 5.67. The van der Waals surface area contributed by atoms with E-state index in [1.165, 1.54) is 19.1 Å². The summed E-state index contributed by atoms with van der Waals surface area (Å²) in [4.78, 5) is 0. The van der Waals surface area contributed by atoms with Crippen molar-refractivity contribution in [1.82, 2.24) is 0 Å². The van der Waals surface area contributed by atoms with Crippen LogP contribution in [0.2, 0.25) is 0 Å². The van der Waals surface area contributed by atoms with Gasteiger partial charge in [-0.15, -0.1) is 0 Å². The fraction of sp³-hybridized carbons (Fsp3) is 0.400. The van der Waals surface area contributed by atoms with Gasteiger partial charge >= 0.3 is 0 Å². The molecule has 0 aromatic heterocycles. The number of hydrogen-bond acceptors (Lipinski definition) is 4. The molecular weight excluding hydrogens is 184 g/mol. The van der Waals surface area contributed by atoms with Crippen LogP contribution >= 0.6 is 0 Å². The predicted octanol–water partition coefficient (Wildman–Crippen LogP) is 0.766. The normalized spacial score (nSPS) is 11.4. The first-order valence-corrected chi connectivity index (χ1v) is 4.25. The first kappa shape index (κ1) is 12.7. The highest BCUT2D eigenvalue weighted by Gasteiger charge is 1.94. The zero-order valence-corrected chi connectivity index (χ0v) is 8.31. The Morgan fingerprint density at radius 1 is 1.21 bits per heavy atom. The Labute approximate surface area is 83.1 Å². The van der Waals surface area contributed by atoms with E-state index in [9.17, 15) is 0 Å². The second kappa shape index (κ2) is 6.23. The third kappa shape index (κ3) is 5.40. The highest BCUT2D eigenvalue weighted by Crippen LogP contribution is 2.23. The molecule has 0 radical (unpaired) electrons. The summed E-state index contributed by atoms with van der Waals surface area (Å²) in [6.07, 6.45) is -0.560. The molecule has 0 bridgehead atoms. The van der Waals surface area contributed by atoms with E-state index in [-0.39, 0.29) is 18.1 Å². The van der Waals surface area contributed by atoms with E-state index in [4.69, 9.17) is 20.4 Å². The van der Waals surface area contributed by atoms with Gasteiger partial charge in [0.25, 0.3) is 0 Å². The van der Waals surface area contributed by atoms with Crippen molar-refractivity contribution in [3.8, 4) is 11.5 Å². The maximum atomic E-state index is 8.85. The Hall–Kier alpha value is -1.26. The highest BCUT2D eigenvalue weighted by atomic mass is 16.3. The number of phenols is 2. The van der Waals surface area contributed by atoms with E-state index in [0.717, 1.165) is 5.56 Å². The van der Waals surface area contributed by atoms with Gasteiger partial charge in [-0.05, 0) is 31.5 Å². The number of aromatic hydroxyl groups is 2. The van der Waals surface area contributed by atoms with Crippen molar-refractivity contribution in [2.75, 3.05) is 6.61 Å². The molecule has 0 amide bonds.